The van der Waals surface area contributed by atoms with Crippen LogP contribution in [0.1, 0.15) is 12.8 Å². The Morgan fingerprint density at radius 1 is 0.792 bits per heavy atom. The smallest absolute Gasteiger partial charge is 0.250 e. The zero-order valence-electron chi connectivity index (χ0n) is 12.7. The summed E-state index contributed by atoms with van der Waals surface area (Å²) >= 11 is 10.8. The zero-order valence-corrected chi connectivity index (χ0v) is 14.3. The molecule has 4 rings (SSSR count). The Hall–Kier alpha value is -2.18. The molecule has 6 heteroatoms. The van der Waals surface area contributed by atoms with E-state index in [1.54, 1.807) is 0 Å². The van der Waals surface area contributed by atoms with Crippen molar-refractivity contribution in [2.24, 2.45) is 0 Å². The molecule has 2 aliphatic heterocycles. The van der Waals surface area contributed by atoms with Gasteiger partial charge in [0.05, 0.1) is 23.2 Å². The molecule has 0 fully saturated rings. The second-order valence-electron chi connectivity index (χ2n) is 6.00. The summed E-state index contributed by atoms with van der Waals surface area (Å²) in [7, 11) is 0. The van der Waals surface area contributed by atoms with E-state index in [2.05, 4.69) is 10.6 Å². The fourth-order valence-corrected chi connectivity index (χ4v) is 4.04. The summed E-state index contributed by atoms with van der Waals surface area (Å²) in [6.45, 7) is 0. The van der Waals surface area contributed by atoms with Gasteiger partial charge in [0.15, 0.2) is 0 Å². The minimum Gasteiger partial charge on any atom is -0.341 e. The van der Waals surface area contributed by atoms with Crippen molar-refractivity contribution in [2.75, 3.05) is 0 Å². The van der Waals surface area contributed by atoms with E-state index >= 15 is 0 Å². The van der Waals surface area contributed by atoms with E-state index in [1.165, 1.54) is 0 Å². The molecule has 0 spiro atoms. The first-order chi connectivity index (χ1) is 11.6. The molecule has 4 nitrogen and oxygen atoms in total. The maximum absolute atomic E-state index is 12.6. The van der Waals surface area contributed by atoms with Gasteiger partial charge >= 0.3 is 0 Å². The summed E-state index contributed by atoms with van der Waals surface area (Å²) in [5.74, 6) is -0.454. The second-order valence-corrected chi connectivity index (χ2v) is 6.98. The third kappa shape index (κ3) is 2.25. The number of hydrogen-bond donors (Lipinski definition) is 2. The van der Waals surface area contributed by atoms with Gasteiger partial charge in [-0.3, -0.25) is 9.59 Å². The van der Waals surface area contributed by atoms with Crippen molar-refractivity contribution in [3.63, 3.8) is 0 Å². The lowest BCUT2D eigenvalue weighted by Crippen LogP contribution is -2.43. The number of carbonyl (C=O) groups excluding carboxylic acids is 2. The normalized spacial score (nSPS) is 28.7. The topological polar surface area (TPSA) is 58.2 Å². The highest BCUT2D eigenvalue weighted by Gasteiger charge is 2.48. The molecule has 0 saturated carbocycles. The van der Waals surface area contributed by atoms with Crippen LogP contribution in [0.3, 0.4) is 0 Å². The summed E-state index contributed by atoms with van der Waals surface area (Å²) in [6.07, 6.45) is 12.8. The van der Waals surface area contributed by atoms with E-state index in [1.807, 2.05) is 36.5 Å². The van der Waals surface area contributed by atoms with Crippen LogP contribution >= 0.6 is 24.4 Å². The molecular weight excluding hydrogens is 340 g/mol. The lowest BCUT2D eigenvalue weighted by atomic mass is 9.90. The van der Waals surface area contributed by atoms with E-state index in [0.717, 1.165) is 20.9 Å². The van der Waals surface area contributed by atoms with Crippen molar-refractivity contribution in [3.05, 3.63) is 58.7 Å². The Morgan fingerprint density at radius 2 is 1.21 bits per heavy atom. The van der Waals surface area contributed by atoms with Gasteiger partial charge in [-0.05, 0) is 11.1 Å². The number of allylic oxidation sites excluding steroid dienone is 6. The van der Waals surface area contributed by atoms with Gasteiger partial charge in [0.25, 0.3) is 11.8 Å². The van der Waals surface area contributed by atoms with E-state index < -0.39 is 12.1 Å². The van der Waals surface area contributed by atoms with Gasteiger partial charge in [-0.2, -0.15) is 0 Å². The highest BCUT2D eigenvalue weighted by molar-refractivity contribution is 7.81. The highest BCUT2D eigenvalue weighted by Crippen LogP contribution is 2.35. The quantitative estimate of drug-likeness (QED) is 0.743. The van der Waals surface area contributed by atoms with E-state index in [-0.39, 0.29) is 11.8 Å². The Morgan fingerprint density at radius 3 is 1.58 bits per heavy atom. The van der Waals surface area contributed by atoms with Gasteiger partial charge in [-0.1, -0.05) is 60.9 Å². The van der Waals surface area contributed by atoms with Crippen molar-refractivity contribution in [2.45, 2.75) is 24.9 Å². The fourth-order valence-electron chi connectivity index (χ4n) is 3.48. The van der Waals surface area contributed by atoms with Crippen molar-refractivity contribution >= 4 is 46.0 Å². The highest BCUT2D eigenvalue weighted by atomic mass is 32.1. The third-order valence-electron chi connectivity index (χ3n) is 4.60. The second kappa shape index (κ2) is 5.72. The molecule has 0 bridgehead atoms. The molecule has 2 N–H and O–H groups in total. The van der Waals surface area contributed by atoms with Gasteiger partial charge in [0.1, 0.15) is 0 Å². The van der Waals surface area contributed by atoms with Crippen molar-refractivity contribution in [3.8, 4) is 0 Å². The minimum atomic E-state index is -0.469. The van der Waals surface area contributed by atoms with Crippen molar-refractivity contribution in [1.82, 2.24) is 10.6 Å². The molecular formula is C18H14N2O2S2. The average Bonchev–Trinajstić information content (AvgIpc) is 3.08. The minimum absolute atomic E-state index is 0.227. The molecule has 2 unspecified atom stereocenters. The Bertz CT molecular complexity index is 788. The molecule has 0 aromatic rings. The maximum atomic E-state index is 12.6. The van der Waals surface area contributed by atoms with Crippen molar-refractivity contribution < 1.29 is 9.59 Å². The maximum Gasteiger partial charge on any atom is 0.250 e. The van der Waals surface area contributed by atoms with E-state index in [4.69, 9.17) is 24.4 Å². The first kappa shape index (κ1) is 15.4. The average molecular weight is 354 g/mol. The Balaban J connectivity index is 1.78. The molecule has 0 saturated heterocycles. The summed E-state index contributed by atoms with van der Waals surface area (Å²) in [5, 5.41) is 5.84. The van der Waals surface area contributed by atoms with Crippen LogP contribution in [0.15, 0.2) is 58.7 Å². The fraction of sp³-hybridized carbons (Fsp3) is 0.222. The van der Waals surface area contributed by atoms with Crippen LogP contribution in [0.4, 0.5) is 0 Å². The third-order valence-corrected chi connectivity index (χ3v) is 5.41. The van der Waals surface area contributed by atoms with Crippen LogP contribution in [0.5, 0.6) is 0 Å². The Labute approximate surface area is 150 Å². The van der Waals surface area contributed by atoms with Gasteiger partial charge < -0.3 is 10.6 Å². The van der Waals surface area contributed by atoms with Gasteiger partial charge in [-0.25, -0.2) is 0 Å². The van der Waals surface area contributed by atoms with Crippen LogP contribution in [0.2, 0.25) is 0 Å². The van der Waals surface area contributed by atoms with Crippen LogP contribution in [0.25, 0.3) is 0 Å². The predicted molar refractivity (Wildman–Crippen MR) is 99.8 cm³/mol. The monoisotopic (exact) mass is 354 g/mol. The molecule has 120 valence electrons. The molecule has 2 aliphatic carbocycles. The van der Waals surface area contributed by atoms with Crippen LogP contribution < -0.4 is 10.6 Å². The number of hydrogen-bond acceptors (Lipinski definition) is 4. The number of thiocarbonyl (C=S) groups is 2. The summed E-state index contributed by atoms with van der Waals surface area (Å²) in [5.41, 5.74) is 2.60. The number of amides is 2. The summed E-state index contributed by atoms with van der Waals surface area (Å²) in [4.78, 5) is 26.7. The van der Waals surface area contributed by atoms with Gasteiger partial charge in [-0.15, -0.1) is 0 Å². The van der Waals surface area contributed by atoms with Gasteiger partial charge in [0.2, 0.25) is 0 Å². The van der Waals surface area contributed by atoms with Gasteiger partial charge in [0, 0.05) is 22.6 Å². The lowest BCUT2D eigenvalue weighted by molar-refractivity contribution is -0.117. The molecule has 2 heterocycles. The summed E-state index contributed by atoms with van der Waals surface area (Å²) < 4.78 is 0. The molecule has 0 radical (unpaired) electrons. The first-order valence-corrected chi connectivity index (χ1v) is 8.55. The molecule has 0 aromatic carbocycles. The van der Waals surface area contributed by atoms with Crippen LogP contribution in [-0.2, 0) is 9.59 Å². The molecule has 0 aromatic heterocycles. The zero-order chi connectivity index (χ0) is 16.8. The number of nitrogens with one attached hydrogen (secondary N) is 2. The van der Waals surface area contributed by atoms with Crippen LogP contribution in [0, 0.1) is 0 Å². The number of carbonyl (C=O) groups is 2. The predicted octanol–water partition coefficient (Wildman–Crippen LogP) is 1.79. The van der Waals surface area contributed by atoms with Crippen molar-refractivity contribution in [1.29, 1.82) is 0 Å². The first-order valence-electron chi connectivity index (χ1n) is 7.73. The summed E-state index contributed by atoms with van der Waals surface area (Å²) in [6, 6.07) is -0.938. The Kier molecular flexibility index (Phi) is 3.66. The van der Waals surface area contributed by atoms with E-state index in [0.29, 0.717) is 24.0 Å². The number of rotatable bonds is 2. The van der Waals surface area contributed by atoms with Crippen LogP contribution in [-0.4, -0.2) is 33.6 Å². The molecule has 24 heavy (non-hydrogen) atoms. The largest absolute Gasteiger partial charge is 0.341 e. The lowest BCUT2D eigenvalue weighted by Gasteiger charge is -2.22. The molecule has 2 amide bonds. The van der Waals surface area contributed by atoms with E-state index in [9.17, 15) is 9.59 Å². The SMILES string of the molecule is O=C1NC(C2=CC=CCC2=S)C2=C1C(C1=CC=CCC1=S)NC2=O. The molecule has 2 atom stereocenters. The molecule has 4 aliphatic rings. The standard InChI is InChI=1S/C18H14N2O2S2/c21-17-13-14(16(20-17)10-6-2-4-8-12(10)24)18(22)19-15(13)9-5-1-3-7-11(9)23/h1-6,15-16H,7-8H2,(H,19,22)(H,20,21).